The van der Waals surface area contributed by atoms with E-state index in [2.05, 4.69) is 0 Å². The lowest BCUT2D eigenvalue weighted by molar-refractivity contribution is 0.454. The van der Waals surface area contributed by atoms with Crippen molar-refractivity contribution in [2.24, 2.45) is 0 Å². The van der Waals surface area contributed by atoms with Crippen LogP contribution in [0.15, 0.2) is 30.3 Å². The number of hydrogen-bond donors (Lipinski definition) is 1. The maximum absolute atomic E-state index is 13.3. The summed E-state index contributed by atoms with van der Waals surface area (Å²) in [4.78, 5) is 0. The van der Waals surface area contributed by atoms with Crippen molar-refractivity contribution in [1.82, 2.24) is 0 Å². The summed E-state index contributed by atoms with van der Waals surface area (Å²) < 4.78 is 13.3. The molecule has 0 saturated carbocycles. The Labute approximate surface area is 130 Å². The van der Waals surface area contributed by atoms with Crippen LogP contribution in [0.25, 0.3) is 11.1 Å². The molecule has 2 rings (SSSR count). The van der Waals surface area contributed by atoms with Crippen LogP contribution in [0, 0.1) is 5.82 Å². The Kier molecular flexibility index (Phi) is 4.58. The Morgan fingerprint density at radius 3 is 1.86 bits per heavy atom. The van der Waals surface area contributed by atoms with Gasteiger partial charge < -0.3 is 5.11 Å². The van der Waals surface area contributed by atoms with Gasteiger partial charge in [-0.25, -0.2) is 4.39 Å². The van der Waals surface area contributed by atoms with Crippen LogP contribution in [0.1, 0.15) is 50.7 Å². The molecule has 112 valence electrons. The molecule has 0 fully saturated rings. The van der Waals surface area contributed by atoms with E-state index in [0.29, 0.717) is 5.75 Å². The second kappa shape index (κ2) is 6.07. The first-order valence-electron chi connectivity index (χ1n) is 7.13. The standard InChI is InChI=1S/C18H20ClFO/c1-10(2)14-7-13(8-15(11(3)4)18(14)21)12-5-6-17(20)16(19)9-12/h5-11,21H,1-4H3. The van der Waals surface area contributed by atoms with Crippen LogP contribution in [0.2, 0.25) is 5.02 Å². The fourth-order valence-corrected chi connectivity index (χ4v) is 2.58. The normalized spacial score (nSPS) is 11.4. The highest BCUT2D eigenvalue weighted by molar-refractivity contribution is 6.31. The monoisotopic (exact) mass is 306 g/mol. The topological polar surface area (TPSA) is 20.2 Å². The molecule has 21 heavy (non-hydrogen) atoms. The molecule has 0 radical (unpaired) electrons. The van der Waals surface area contributed by atoms with Gasteiger partial charge in [-0.2, -0.15) is 0 Å². The fraction of sp³-hybridized carbons (Fsp3) is 0.333. The minimum atomic E-state index is -0.424. The summed E-state index contributed by atoms with van der Waals surface area (Å²) in [5.41, 5.74) is 3.60. The van der Waals surface area contributed by atoms with E-state index >= 15 is 0 Å². The van der Waals surface area contributed by atoms with Crippen molar-refractivity contribution in [3.8, 4) is 16.9 Å². The van der Waals surface area contributed by atoms with E-state index in [1.54, 1.807) is 12.1 Å². The van der Waals surface area contributed by atoms with E-state index in [-0.39, 0.29) is 16.9 Å². The molecule has 0 amide bonds. The molecule has 1 N–H and O–H groups in total. The van der Waals surface area contributed by atoms with Crippen LogP contribution >= 0.6 is 11.6 Å². The van der Waals surface area contributed by atoms with Crippen molar-refractivity contribution in [1.29, 1.82) is 0 Å². The molecule has 2 aromatic carbocycles. The summed E-state index contributed by atoms with van der Waals surface area (Å²) in [6.45, 7) is 8.17. The van der Waals surface area contributed by atoms with Gasteiger partial charge >= 0.3 is 0 Å². The Hall–Kier alpha value is -1.54. The highest BCUT2D eigenvalue weighted by Gasteiger charge is 2.16. The molecular formula is C18H20ClFO. The average Bonchev–Trinajstić information content (AvgIpc) is 2.41. The predicted molar refractivity (Wildman–Crippen MR) is 86.7 cm³/mol. The lowest BCUT2D eigenvalue weighted by Crippen LogP contribution is -1.97. The molecule has 0 saturated heterocycles. The smallest absolute Gasteiger partial charge is 0.141 e. The van der Waals surface area contributed by atoms with Gasteiger partial charge in [-0.1, -0.05) is 45.4 Å². The molecule has 0 heterocycles. The highest BCUT2D eigenvalue weighted by Crippen LogP contribution is 2.38. The van der Waals surface area contributed by atoms with E-state index in [9.17, 15) is 9.50 Å². The SMILES string of the molecule is CC(C)c1cc(-c2ccc(F)c(Cl)c2)cc(C(C)C)c1O. The first kappa shape index (κ1) is 15.8. The minimum absolute atomic E-state index is 0.109. The second-order valence-electron chi connectivity index (χ2n) is 5.94. The molecule has 0 spiro atoms. The summed E-state index contributed by atoms with van der Waals surface area (Å²) in [5, 5.41) is 10.5. The van der Waals surface area contributed by atoms with E-state index in [1.165, 1.54) is 6.07 Å². The number of phenols is 1. The van der Waals surface area contributed by atoms with Gasteiger partial charge in [0.2, 0.25) is 0 Å². The molecule has 2 aromatic rings. The molecule has 0 aliphatic carbocycles. The molecular weight excluding hydrogens is 287 g/mol. The number of benzene rings is 2. The number of phenolic OH excluding ortho intramolecular Hbond substituents is 1. The van der Waals surface area contributed by atoms with Crippen LogP contribution in [0.4, 0.5) is 4.39 Å². The first-order valence-corrected chi connectivity index (χ1v) is 7.51. The summed E-state index contributed by atoms with van der Waals surface area (Å²) >= 11 is 5.88. The third-order valence-corrected chi connectivity index (χ3v) is 3.96. The van der Waals surface area contributed by atoms with E-state index in [4.69, 9.17) is 11.6 Å². The van der Waals surface area contributed by atoms with Gasteiger partial charge in [-0.05, 0) is 58.4 Å². The van der Waals surface area contributed by atoms with Crippen LogP contribution in [0.5, 0.6) is 5.75 Å². The zero-order chi connectivity index (χ0) is 15.7. The quantitative estimate of drug-likeness (QED) is 0.726. The van der Waals surface area contributed by atoms with Gasteiger partial charge in [-0.15, -0.1) is 0 Å². The summed E-state index contributed by atoms with van der Waals surface area (Å²) in [6, 6.07) is 8.61. The summed E-state index contributed by atoms with van der Waals surface area (Å²) in [5.74, 6) is 0.348. The first-order chi connectivity index (χ1) is 9.81. The minimum Gasteiger partial charge on any atom is -0.507 e. The largest absolute Gasteiger partial charge is 0.507 e. The van der Waals surface area contributed by atoms with E-state index in [1.807, 2.05) is 39.8 Å². The van der Waals surface area contributed by atoms with Crippen molar-refractivity contribution in [2.45, 2.75) is 39.5 Å². The van der Waals surface area contributed by atoms with Crippen molar-refractivity contribution in [3.05, 3.63) is 52.3 Å². The maximum atomic E-state index is 13.3. The lowest BCUT2D eigenvalue weighted by atomic mass is 9.89. The zero-order valence-electron chi connectivity index (χ0n) is 12.7. The lowest BCUT2D eigenvalue weighted by Gasteiger charge is -2.18. The Morgan fingerprint density at radius 2 is 1.43 bits per heavy atom. The number of aromatic hydroxyl groups is 1. The summed E-state index contributed by atoms with van der Waals surface area (Å²) in [6.07, 6.45) is 0. The van der Waals surface area contributed by atoms with E-state index in [0.717, 1.165) is 22.3 Å². The van der Waals surface area contributed by atoms with Gasteiger partial charge in [0, 0.05) is 0 Å². The molecule has 3 heteroatoms. The predicted octanol–water partition coefficient (Wildman–Crippen LogP) is 6.10. The van der Waals surface area contributed by atoms with Gasteiger partial charge in [-0.3, -0.25) is 0 Å². The van der Waals surface area contributed by atoms with Crippen LogP contribution in [0.3, 0.4) is 0 Å². The van der Waals surface area contributed by atoms with Gasteiger partial charge in [0.05, 0.1) is 5.02 Å². The Balaban J connectivity index is 2.65. The number of rotatable bonds is 3. The van der Waals surface area contributed by atoms with Crippen molar-refractivity contribution >= 4 is 11.6 Å². The Morgan fingerprint density at radius 1 is 0.905 bits per heavy atom. The zero-order valence-corrected chi connectivity index (χ0v) is 13.5. The molecule has 0 aromatic heterocycles. The van der Waals surface area contributed by atoms with Crippen LogP contribution in [-0.2, 0) is 0 Å². The molecule has 0 aliphatic heterocycles. The van der Waals surface area contributed by atoms with Crippen molar-refractivity contribution in [3.63, 3.8) is 0 Å². The van der Waals surface area contributed by atoms with Crippen molar-refractivity contribution in [2.75, 3.05) is 0 Å². The van der Waals surface area contributed by atoms with Gasteiger partial charge in [0.15, 0.2) is 0 Å². The van der Waals surface area contributed by atoms with Crippen LogP contribution in [-0.4, -0.2) is 5.11 Å². The van der Waals surface area contributed by atoms with Crippen LogP contribution < -0.4 is 0 Å². The fourth-order valence-electron chi connectivity index (χ4n) is 2.40. The molecule has 0 bridgehead atoms. The van der Waals surface area contributed by atoms with E-state index < -0.39 is 5.82 Å². The summed E-state index contributed by atoms with van der Waals surface area (Å²) in [7, 11) is 0. The third-order valence-electron chi connectivity index (χ3n) is 3.67. The second-order valence-corrected chi connectivity index (χ2v) is 6.35. The highest BCUT2D eigenvalue weighted by atomic mass is 35.5. The van der Waals surface area contributed by atoms with Crippen molar-refractivity contribution < 1.29 is 9.50 Å². The third kappa shape index (κ3) is 3.21. The Bertz CT molecular complexity index is 633. The molecule has 0 unspecified atom stereocenters. The molecule has 0 aliphatic rings. The van der Waals surface area contributed by atoms with Gasteiger partial charge in [0.25, 0.3) is 0 Å². The van der Waals surface area contributed by atoms with Gasteiger partial charge in [0.1, 0.15) is 11.6 Å². The molecule has 0 atom stereocenters. The number of hydrogen-bond acceptors (Lipinski definition) is 1. The number of halogens is 2. The average molecular weight is 307 g/mol. The molecule has 1 nitrogen and oxygen atoms in total. The maximum Gasteiger partial charge on any atom is 0.141 e.